The van der Waals surface area contributed by atoms with Gasteiger partial charge >= 0.3 is 11.0 Å². The molecule has 0 fully saturated rings. The van der Waals surface area contributed by atoms with Crippen molar-refractivity contribution in [2.75, 3.05) is 7.11 Å². The van der Waals surface area contributed by atoms with Crippen molar-refractivity contribution in [3.63, 3.8) is 0 Å². The molecule has 1 N–H and O–H groups in total. The van der Waals surface area contributed by atoms with E-state index in [4.69, 9.17) is 0 Å². The molecule has 0 spiro atoms. The summed E-state index contributed by atoms with van der Waals surface area (Å²) in [6.07, 6.45) is 0.280. The summed E-state index contributed by atoms with van der Waals surface area (Å²) < 4.78 is 4.54. The molecule has 1 aromatic rings. The van der Waals surface area contributed by atoms with Crippen LogP contribution in [0, 0.1) is 10.1 Å². The first kappa shape index (κ1) is 13.6. The van der Waals surface area contributed by atoms with Gasteiger partial charge in [0.05, 0.1) is 18.5 Å². The summed E-state index contributed by atoms with van der Waals surface area (Å²) in [6.45, 7) is 2.36. The second-order valence-corrected chi connectivity index (χ2v) is 4.50. The lowest BCUT2D eigenvalue weighted by Gasteiger charge is -2.11. The second kappa shape index (κ2) is 6.31. The lowest BCUT2D eigenvalue weighted by Crippen LogP contribution is -2.28. The van der Waals surface area contributed by atoms with Gasteiger partial charge in [-0.2, -0.15) is 0 Å². The van der Waals surface area contributed by atoms with Crippen molar-refractivity contribution in [2.45, 2.75) is 25.9 Å². The van der Waals surface area contributed by atoms with Gasteiger partial charge in [0, 0.05) is 24.0 Å². The van der Waals surface area contributed by atoms with Crippen LogP contribution in [0.1, 0.15) is 18.9 Å². The maximum absolute atomic E-state index is 11.0. The first-order valence-electron chi connectivity index (χ1n) is 5.05. The third-order valence-corrected chi connectivity index (χ3v) is 3.10. The Labute approximate surface area is 103 Å². The monoisotopic (exact) mass is 258 g/mol. The Balaban J connectivity index is 2.39. The molecule has 0 radical (unpaired) electrons. The number of methoxy groups -OCH3 is 1. The molecule has 0 amide bonds. The first-order chi connectivity index (χ1) is 8.02. The number of carbonyl (C=O) groups excluding carboxylic acids is 1. The lowest BCUT2D eigenvalue weighted by molar-refractivity contribution is -0.380. The van der Waals surface area contributed by atoms with Gasteiger partial charge in [0.25, 0.3) is 0 Å². The van der Waals surface area contributed by atoms with E-state index in [1.165, 1.54) is 13.2 Å². The van der Waals surface area contributed by atoms with Crippen molar-refractivity contribution in [2.24, 2.45) is 0 Å². The minimum absolute atomic E-state index is 0.0265. The number of nitrogens with one attached hydrogen (secondary N) is 1. The van der Waals surface area contributed by atoms with E-state index in [9.17, 15) is 14.9 Å². The summed E-state index contributed by atoms with van der Waals surface area (Å²) in [7, 11) is 1.34. The second-order valence-electron chi connectivity index (χ2n) is 3.61. The Morgan fingerprint density at radius 2 is 2.41 bits per heavy atom. The number of hydrogen-bond donors (Lipinski definition) is 1. The van der Waals surface area contributed by atoms with Gasteiger partial charge in [-0.15, -0.1) is 0 Å². The summed E-state index contributed by atoms with van der Waals surface area (Å²) >= 11 is 1.10. The standard InChI is InChI=1S/C10H14N2O4S/c1-7(3-10(13)16-2)11-5-8-4-9(12(14)15)17-6-8/h4,6-7,11H,3,5H2,1-2H3. The van der Waals surface area contributed by atoms with Gasteiger partial charge in [-0.3, -0.25) is 14.9 Å². The molecule has 1 heterocycles. The number of carbonyl (C=O) groups is 1. The van der Waals surface area contributed by atoms with E-state index in [1.807, 2.05) is 6.92 Å². The van der Waals surface area contributed by atoms with Crippen molar-refractivity contribution >= 4 is 22.3 Å². The minimum Gasteiger partial charge on any atom is -0.469 e. The Kier molecular flexibility index (Phi) is 5.05. The molecule has 1 aromatic heterocycles. The number of ether oxygens (including phenoxy) is 1. The molecule has 0 aliphatic carbocycles. The normalized spacial score (nSPS) is 12.1. The molecule has 0 aliphatic rings. The minimum atomic E-state index is -0.411. The number of esters is 1. The summed E-state index contributed by atoms with van der Waals surface area (Å²) in [5.41, 5.74) is 0.846. The molecule has 7 heteroatoms. The van der Waals surface area contributed by atoms with Crippen LogP contribution < -0.4 is 5.32 Å². The van der Waals surface area contributed by atoms with Crippen LogP contribution in [-0.4, -0.2) is 24.0 Å². The third kappa shape index (κ3) is 4.49. The Bertz CT molecular complexity index is 405. The Morgan fingerprint density at radius 1 is 1.71 bits per heavy atom. The Morgan fingerprint density at radius 3 is 2.94 bits per heavy atom. The molecule has 94 valence electrons. The van der Waals surface area contributed by atoms with Crippen molar-refractivity contribution in [3.05, 3.63) is 27.1 Å². The topological polar surface area (TPSA) is 81.5 Å². The number of rotatable bonds is 6. The Hall–Kier alpha value is -1.47. The molecule has 17 heavy (non-hydrogen) atoms. The number of thiophene rings is 1. The lowest BCUT2D eigenvalue weighted by atomic mass is 10.2. The summed E-state index contributed by atoms with van der Waals surface area (Å²) in [5, 5.41) is 15.4. The van der Waals surface area contributed by atoms with E-state index in [2.05, 4.69) is 10.1 Å². The molecule has 6 nitrogen and oxygen atoms in total. The van der Waals surface area contributed by atoms with Crippen LogP contribution >= 0.6 is 11.3 Å². The largest absolute Gasteiger partial charge is 0.469 e. The van der Waals surface area contributed by atoms with Gasteiger partial charge in [0.15, 0.2) is 0 Å². The number of nitrogens with zero attached hydrogens (tertiary/aromatic N) is 1. The van der Waals surface area contributed by atoms with Crippen LogP contribution in [0.5, 0.6) is 0 Å². The van der Waals surface area contributed by atoms with Crippen LogP contribution in [0.2, 0.25) is 0 Å². The molecular formula is C10H14N2O4S. The maximum atomic E-state index is 11.0. The predicted molar refractivity (Wildman–Crippen MR) is 63.9 cm³/mol. The summed E-state index contributed by atoms with van der Waals surface area (Å²) in [6, 6.07) is 1.50. The molecule has 0 saturated heterocycles. The van der Waals surface area contributed by atoms with Crippen molar-refractivity contribution in [3.8, 4) is 0 Å². The molecule has 0 bridgehead atoms. The van der Waals surface area contributed by atoms with Crippen molar-refractivity contribution in [1.82, 2.24) is 5.32 Å². The van der Waals surface area contributed by atoms with E-state index < -0.39 is 4.92 Å². The van der Waals surface area contributed by atoms with Gasteiger partial charge in [0.2, 0.25) is 0 Å². The molecule has 0 aromatic carbocycles. The molecular weight excluding hydrogens is 244 g/mol. The van der Waals surface area contributed by atoms with E-state index in [0.717, 1.165) is 16.9 Å². The number of nitro groups is 1. The highest BCUT2D eigenvalue weighted by Crippen LogP contribution is 2.22. The van der Waals surface area contributed by atoms with Gasteiger partial charge in [-0.1, -0.05) is 11.3 Å². The SMILES string of the molecule is COC(=O)CC(C)NCc1csc([N+](=O)[O-])c1. The summed E-state index contributed by atoms with van der Waals surface area (Å²) in [5.74, 6) is -0.277. The van der Waals surface area contributed by atoms with Gasteiger partial charge in [-0.05, 0) is 12.5 Å². The third-order valence-electron chi connectivity index (χ3n) is 2.18. The highest BCUT2D eigenvalue weighted by molar-refractivity contribution is 7.13. The van der Waals surface area contributed by atoms with Crippen LogP contribution in [0.3, 0.4) is 0 Å². The fraction of sp³-hybridized carbons (Fsp3) is 0.500. The highest BCUT2D eigenvalue weighted by Gasteiger charge is 2.11. The highest BCUT2D eigenvalue weighted by atomic mass is 32.1. The fourth-order valence-electron chi connectivity index (χ4n) is 1.25. The molecule has 0 aliphatic heterocycles. The van der Waals surface area contributed by atoms with Crippen molar-refractivity contribution in [1.29, 1.82) is 0 Å². The molecule has 1 unspecified atom stereocenters. The van der Waals surface area contributed by atoms with Crippen LogP contribution in [0.25, 0.3) is 0 Å². The van der Waals surface area contributed by atoms with Gasteiger partial charge < -0.3 is 10.1 Å². The van der Waals surface area contributed by atoms with Crippen LogP contribution in [0.4, 0.5) is 5.00 Å². The average molecular weight is 258 g/mol. The molecule has 0 saturated carbocycles. The van der Waals surface area contributed by atoms with Gasteiger partial charge in [0.1, 0.15) is 0 Å². The van der Waals surface area contributed by atoms with E-state index in [1.54, 1.807) is 5.38 Å². The van der Waals surface area contributed by atoms with Gasteiger partial charge in [-0.25, -0.2) is 0 Å². The molecule has 1 atom stereocenters. The smallest absolute Gasteiger partial charge is 0.324 e. The van der Waals surface area contributed by atoms with Crippen LogP contribution in [-0.2, 0) is 16.1 Å². The summed E-state index contributed by atoms with van der Waals surface area (Å²) in [4.78, 5) is 21.0. The van der Waals surface area contributed by atoms with E-state index in [0.29, 0.717) is 6.54 Å². The zero-order valence-electron chi connectivity index (χ0n) is 9.63. The van der Waals surface area contributed by atoms with E-state index >= 15 is 0 Å². The van der Waals surface area contributed by atoms with Crippen LogP contribution in [0.15, 0.2) is 11.4 Å². The fourth-order valence-corrected chi connectivity index (χ4v) is 1.98. The number of hydrogen-bond acceptors (Lipinski definition) is 6. The quantitative estimate of drug-likeness (QED) is 0.477. The zero-order valence-corrected chi connectivity index (χ0v) is 10.5. The van der Waals surface area contributed by atoms with E-state index in [-0.39, 0.29) is 23.4 Å². The first-order valence-corrected chi connectivity index (χ1v) is 5.93. The average Bonchev–Trinajstić information content (AvgIpc) is 2.75. The van der Waals surface area contributed by atoms with Crippen molar-refractivity contribution < 1.29 is 14.5 Å². The zero-order chi connectivity index (χ0) is 12.8. The maximum Gasteiger partial charge on any atom is 0.324 e. The predicted octanol–water partition coefficient (Wildman–Crippen LogP) is 1.70. The molecule has 1 rings (SSSR count).